The van der Waals surface area contributed by atoms with Crippen molar-refractivity contribution in [2.75, 3.05) is 0 Å². The molecule has 1 aromatic carbocycles. The van der Waals surface area contributed by atoms with E-state index in [4.69, 9.17) is 0 Å². The van der Waals surface area contributed by atoms with Crippen LogP contribution in [0, 0.1) is 12.7 Å². The number of amides is 1. The van der Waals surface area contributed by atoms with Crippen LogP contribution in [0.15, 0.2) is 41.8 Å². The number of carbonyl (C=O) groups excluding carboxylic acids is 1. The van der Waals surface area contributed by atoms with E-state index >= 15 is 0 Å². The van der Waals surface area contributed by atoms with Crippen LogP contribution < -0.4 is 5.43 Å². The van der Waals surface area contributed by atoms with Crippen LogP contribution in [0.3, 0.4) is 0 Å². The molecule has 1 aliphatic heterocycles. The lowest BCUT2D eigenvalue weighted by atomic mass is 9.98. The van der Waals surface area contributed by atoms with Crippen molar-refractivity contribution in [1.82, 2.24) is 10.4 Å². The number of halogens is 1. The summed E-state index contributed by atoms with van der Waals surface area (Å²) in [6.45, 7) is 1.90. The van der Waals surface area contributed by atoms with E-state index < -0.39 is 0 Å². The molecule has 0 spiro atoms. The number of benzene rings is 1. The summed E-state index contributed by atoms with van der Waals surface area (Å²) in [5, 5.41) is 3.98. The minimum Gasteiger partial charge on any atom is -0.273 e. The number of pyridine rings is 1. The summed E-state index contributed by atoms with van der Waals surface area (Å²) in [5.41, 5.74) is 6.11. The quantitative estimate of drug-likeness (QED) is 0.921. The van der Waals surface area contributed by atoms with E-state index in [2.05, 4.69) is 15.5 Å². The van der Waals surface area contributed by atoms with Crippen molar-refractivity contribution in [1.29, 1.82) is 0 Å². The molecule has 4 nitrogen and oxygen atoms in total. The van der Waals surface area contributed by atoms with E-state index in [-0.39, 0.29) is 11.7 Å². The van der Waals surface area contributed by atoms with Crippen LogP contribution in [0.4, 0.5) is 4.39 Å². The summed E-state index contributed by atoms with van der Waals surface area (Å²) in [7, 11) is 0. The lowest BCUT2D eigenvalue weighted by molar-refractivity contribution is -0.121. The van der Waals surface area contributed by atoms with E-state index in [1.807, 2.05) is 13.0 Å². The van der Waals surface area contributed by atoms with Gasteiger partial charge < -0.3 is 0 Å². The lowest BCUT2D eigenvalue weighted by Gasteiger charge is -2.13. The van der Waals surface area contributed by atoms with Gasteiger partial charge in [-0.1, -0.05) is 12.1 Å². The average molecular weight is 283 g/mol. The number of hydrogen-bond donors (Lipinski definition) is 1. The minimum absolute atomic E-state index is 0.108. The van der Waals surface area contributed by atoms with Gasteiger partial charge in [-0.05, 0) is 30.2 Å². The van der Waals surface area contributed by atoms with Crippen LogP contribution in [-0.2, 0) is 4.79 Å². The molecule has 1 amide bonds. The Bertz CT molecular complexity index is 740. The van der Waals surface area contributed by atoms with Gasteiger partial charge >= 0.3 is 0 Å². The molecule has 1 aliphatic rings. The summed E-state index contributed by atoms with van der Waals surface area (Å²) >= 11 is 0. The summed E-state index contributed by atoms with van der Waals surface area (Å²) < 4.78 is 14.4. The zero-order valence-electron chi connectivity index (χ0n) is 11.6. The SMILES string of the molecule is Cc1cnccc1-c1ccc(C2=NNC(=O)CC2)cc1F. The fraction of sp³-hybridized carbons (Fsp3) is 0.188. The number of nitrogens with one attached hydrogen (secondary N) is 1. The number of rotatable bonds is 2. The van der Waals surface area contributed by atoms with Crippen molar-refractivity contribution in [2.45, 2.75) is 19.8 Å². The first-order valence-electron chi connectivity index (χ1n) is 6.71. The largest absolute Gasteiger partial charge is 0.273 e. The van der Waals surface area contributed by atoms with E-state index in [1.165, 1.54) is 6.07 Å². The highest BCUT2D eigenvalue weighted by Crippen LogP contribution is 2.26. The van der Waals surface area contributed by atoms with E-state index in [0.29, 0.717) is 29.7 Å². The summed E-state index contributed by atoms with van der Waals surface area (Å²) in [6, 6.07) is 6.83. The Labute approximate surface area is 121 Å². The molecule has 0 bridgehead atoms. The third-order valence-corrected chi connectivity index (χ3v) is 3.52. The van der Waals surface area contributed by atoms with Crippen molar-refractivity contribution in [3.8, 4) is 11.1 Å². The van der Waals surface area contributed by atoms with Crippen molar-refractivity contribution >= 4 is 11.6 Å². The Balaban J connectivity index is 1.97. The van der Waals surface area contributed by atoms with Crippen molar-refractivity contribution in [2.24, 2.45) is 5.10 Å². The van der Waals surface area contributed by atoms with Crippen molar-refractivity contribution < 1.29 is 9.18 Å². The Morgan fingerprint density at radius 1 is 1.19 bits per heavy atom. The molecule has 0 aliphatic carbocycles. The number of hydrazone groups is 1. The van der Waals surface area contributed by atoms with Crippen LogP contribution in [0.2, 0.25) is 0 Å². The van der Waals surface area contributed by atoms with E-state index in [0.717, 1.165) is 11.1 Å². The Morgan fingerprint density at radius 3 is 2.71 bits per heavy atom. The standard InChI is InChI=1S/C16H14FN3O/c1-10-9-18-7-6-12(10)13-3-2-11(8-14(13)17)15-4-5-16(21)20-19-15/h2-3,6-9H,4-5H2,1H3,(H,20,21). The van der Waals surface area contributed by atoms with Crippen LogP contribution >= 0.6 is 0 Å². The molecule has 106 valence electrons. The molecule has 21 heavy (non-hydrogen) atoms. The molecule has 0 unspecified atom stereocenters. The van der Waals surface area contributed by atoms with Crippen LogP contribution in [0.25, 0.3) is 11.1 Å². The van der Waals surface area contributed by atoms with Gasteiger partial charge in [-0.25, -0.2) is 9.82 Å². The maximum Gasteiger partial charge on any atom is 0.240 e. The van der Waals surface area contributed by atoms with Gasteiger partial charge in [0.1, 0.15) is 5.82 Å². The molecule has 5 heteroatoms. The monoisotopic (exact) mass is 283 g/mol. The molecular weight excluding hydrogens is 269 g/mol. The Hall–Kier alpha value is -2.56. The van der Waals surface area contributed by atoms with Gasteiger partial charge in [-0.15, -0.1) is 0 Å². The fourth-order valence-corrected chi connectivity index (χ4v) is 2.37. The topological polar surface area (TPSA) is 54.4 Å². The maximum atomic E-state index is 14.4. The van der Waals surface area contributed by atoms with Gasteiger partial charge in [-0.3, -0.25) is 9.78 Å². The van der Waals surface area contributed by atoms with Gasteiger partial charge in [0.2, 0.25) is 5.91 Å². The number of aryl methyl sites for hydroxylation is 1. The first-order valence-corrected chi connectivity index (χ1v) is 6.71. The van der Waals surface area contributed by atoms with Gasteiger partial charge in [0.25, 0.3) is 0 Å². The number of nitrogens with zero attached hydrogens (tertiary/aromatic N) is 2. The van der Waals surface area contributed by atoms with Crippen LogP contribution in [-0.4, -0.2) is 16.6 Å². The van der Waals surface area contributed by atoms with Crippen molar-refractivity contribution in [3.05, 3.63) is 53.6 Å². The maximum absolute atomic E-state index is 14.4. The number of hydrogen-bond acceptors (Lipinski definition) is 3. The molecule has 1 aromatic heterocycles. The molecule has 2 heterocycles. The van der Waals surface area contributed by atoms with Gasteiger partial charge in [0.05, 0.1) is 5.71 Å². The molecule has 1 N–H and O–H groups in total. The van der Waals surface area contributed by atoms with Crippen LogP contribution in [0.1, 0.15) is 24.0 Å². The van der Waals surface area contributed by atoms with Gasteiger partial charge in [0.15, 0.2) is 0 Å². The number of aromatic nitrogens is 1. The van der Waals surface area contributed by atoms with Crippen LogP contribution in [0.5, 0.6) is 0 Å². The highest BCUT2D eigenvalue weighted by molar-refractivity contribution is 6.04. The first kappa shape index (κ1) is 13.4. The summed E-state index contributed by atoms with van der Waals surface area (Å²) in [5.74, 6) is -0.412. The molecule has 0 fully saturated rings. The Kier molecular flexibility index (Phi) is 3.48. The van der Waals surface area contributed by atoms with Crippen molar-refractivity contribution in [3.63, 3.8) is 0 Å². The first-order chi connectivity index (χ1) is 10.1. The third-order valence-electron chi connectivity index (χ3n) is 3.52. The average Bonchev–Trinajstić information content (AvgIpc) is 2.49. The molecule has 2 aromatic rings. The Morgan fingerprint density at radius 2 is 2.05 bits per heavy atom. The fourth-order valence-electron chi connectivity index (χ4n) is 2.37. The molecular formula is C16H14FN3O. The second-order valence-corrected chi connectivity index (χ2v) is 4.98. The molecule has 0 radical (unpaired) electrons. The predicted molar refractivity (Wildman–Crippen MR) is 78.3 cm³/mol. The predicted octanol–water partition coefficient (Wildman–Crippen LogP) is 2.81. The second-order valence-electron chi connectivity index (χ2n) is 4.98. The summed E-state index contributed by atoms with van der Waals surface area (Å²) in [4.78, 5) is 15.1. The lowest BCUT2D eigenvalue weighted by Crippen LogP contribution is -2.25. The third kappa shape index (κ3) is 2.67. The summed E-state index contributed by atoms with van der Waals surface area (Å²) in [6.07, 6.45) is 4.27. The highest BCUT2D eigenvalue weighted by atomic mass is 19.1. The zero-order valence-corrected chi connectivity index (χ0v) is 11.6. The minimum atomic E-state index is -0.304. The second kappa shape index (κ2) is 5.44. The van der Waals surface area contributed by atoms with E-state index in [9.17, 15) is 9.18 Å². The smallest absolute Gasteiger partial charge is 0.240 e. The highest BCUT2D eigenvalue weighted by Gasteiger charge is 2.15. The molecule has 0 atom stereocenters. The van der Waals surface area contributed by atoms with Gasteiger partial charge in [0, 0.05) is 36.4 Å². The molecule has 0 saturated heterocycles. The normalized spacial score (nSPS) is 14.6. The zero-order chi connectivity index (χ0) is 14.8. The number of carbonyl (C=O) groups is 1. The molecule has 0 saturated carbocycles. The molecule has 3 rings (SSSR count). The van der Waals surface area contributed by atoms with E-state index in [1.54, 1.807) is 24.5 Å². The van der Waals surface area contributed by atoms with Gasteiger partial charge in [-0.2, -0.15) is 5.10 Å².